The van der Waals surface area contributed by atoms with E-state index in [2.05, 4.69) is 21.8 Å². The summed E-state index contributed by atoms with van der Waals surface area (Å²) in [7, 11) is -1.69. The molecule has 32 heavy (non-hydrogen) atoms. The highest BCUT2D eigenvalue weighted by molar-refractivity contribution is 7.89. The standard InChI is InChI=1S/C22H28N4O4S2/c1-15-10-16(30-25-15)12-26(3)20-24-18-5-4-17(11-19(18)31-20)32(27,28)23-13-22-8-6-21(2,7-9-22)29-14-22/h4-5,10-11,23H,6-9,12-14H2,1-3H3. The number of nitrogens with one attached hydrogen (secondary N) is 1. The summed E-state index contributed by atoms with van der Waals surface area (Å²) < 4.78 is 41.1. The lowest BCUT2D eigenvalue weighted by atomic mass is 9.67. The number of aryl methyl sites for hydroxylation is 1. The zero-order valence-corrected chi connectivity index (χ0v) is 20.2. The predicted molar refractivity (Wildman–Crippen MR) is 123 cm³/mol. The number of benzene rings is 1. The van der Waals surface area contributed by atoms with Gasteiger partial charge in [-0.05, 0) is 57.7 Å². The van der Waals surface area contributed by atoms with Crippen LogP contribution in [0.2, 0.25) is 0 Å². The highest BCUT2D eigenvalue weighted by atomic mass is 32.2. The molecule has 1 aromatic carbocycles. The molecule has 2 aromatic heterocycles. The van der Waals surface area contributed by atoms with Gasteiger partial charge in [-0.2, -0.15) is 0 Å². The number of ether oxygens (including phenoxy) is 1. The summed E-state index contributed by atoms with van der Waals surface area (Å²) in [5.41, 5.74) is 1.50. The van der Waals surface area contributed by atoms with Crippen LogP contribution in [0.15, 0.2) is 33.7 Å². The van der Waals surface area contributed by atoms with Crippen molar-refractivity contribution in [3.05, 3.63) is 35.7 Å². The summed E-state index contributed by atoms with van der Waals surface area (Å²) in [6, 6.07) is 6.99. The van der Waals surface area contributed by atoms with Crippen molar-refractivity contribution < 1.29 is 17.7 Å². The average molecular weight is 477 g/mol. The molecule has 172 valence electrons. The minimum absolute atomic E-state index is 0.0189. The molecule has 2 bridgehead atoms. The Morgan fingerprint density at radius 2 is 2.00 bits per heavy atom. The van der Waals surface area contributed by atoms with Crippen molar-refractivity contribution in [1.82, 2.24) is 14.9 Å². The topological polar surface area (TPSA) is 97.6 Å². The number of aromatic nitrogens is 2. The SMILES string of the molecule is Cc1cc(CN(C)c2nc3ccc(S(=O)(=O)NCC45CCC(C)(CC4)OC5)cc3s2)on1. The first-order chi connectivity index (χ1) is 15.2. The molecule has 3 fully saturated rings. The lowest BCUT2D eigenvalue weighted by Gasteiger charge is -2.51. The molecular weight excluding hydrogens is 448 g/mol. The van der Waals surface area contributed by atoms with Crippen LogP contribution < -0.4 is 9.62 Å². The van der Waals surface area contributed by atoms with Crippen LogP contribution in [0.1, 0.15) is 44.1 Å². The summed E-state index contributed by atoms with van der Waals surface area (Å²) in [5, 5.41) is 4.70. The van der Waals surface area contributed by atoms with Gasteiger partial charge in [-0.15, -0.1) is 0 Å². The smallest absolute Gasteiger partial charge is 0.240 e. The largest absolute Gasteiger partial charge is 0.375 e. The number of nitrogens with zero attached hydrogens (tertiary/aromatic N) is 3. The number of hydrogen-bond donors (Lipinski definition) is 1. The molecule has 1 saturated carbocycles. The molecule has 0 amide bonds. The van der Waals surface area contributed by atoms with Crippen molar-refractivity contribution in [3.8, 4) is 0 Å². The molecule has 8 nitrogen and oxygen atoms in total. The van der Waals surface area contributed by atoms with E-state index in [4.69, 9.17) is 9.26 Å². The van der Waals surface area contributed by atoms with E-state index in [1.165, 1.54) is 11.3 Å². The van der Waals surface area contributed by atoms with Crippen molar-refractivity contribution in [1.29, 1.82) is 0 Å². The van der Waals surface area contributed by atoms with Crippen LogP contribution in [0.4, 0.5) is 5.13 Å². The molecule has 2 aliphatic heterocycles. The van der Waals surface area contributed by atoms with Gasteiger partial charge >= 0.3 is 0 Å². The van der Waals surface area contributed by atoms with Gasteiger partial charge in [-0.3, -0.25) is 0 Å². The number of hydrogen-bond acceptors (Lipinski definition) is 8. The van der Waals surface area contributed by atoms with E-state index in [0.717, 1.165) is 52.5 Å². The molecule has 0 unspecified atom stereocenters. The van der Waals surface area contributed by atoms with E-state index in [1.54, 1.807) is 18.2 Å². The Balaban J connectivity index is 1.30. The van der Waals surface area contributed by atoms with E-state index in [1.807, 2.05) is 24.9 Å². The van der Waals surface area contributed by atoms with Crippen LogP contribution in [0.5, 0.6) is 0 Å². The molecule has 1 N–H and O–H groups in total. The fraction of sp³-hybridized carbons (Fsp3) is 0.545. The van der Waals surface area contributed by atoms with Gasteiger partial charge in [0.15, 0.2) is 10.9 Å². The number of thiazole rings is 1. The summed E-state index contributed by atoms with van der Waals surface area (Å²) in [5.74, 6) is 0.755. The Bertz CT molecular complexity index is 1230. The Labute approximate surface area is 192 Å². The summed E-state index contributed by atoms with van der Waals surface area (Å²) in [6.45, 7) is 5.61. The van der Waals surface area contributed by atoms with Gasteiger partial charge in [0.25, 0.3) is 0 Å². The third-order valence-electron chi connectivity index (χ3n) is 6.79. The average Bonchev–Trinajstić information content (AvgIpc) is 3.39. The summed E-state index contributed by atoms with van der Waals surface area (Å²) in [4.78, 5) is 6.88. The van der Waals surface area contributed by atoms with E-state index in [-0.39, 0.29) is 15.9 Å². The van der Waals surface area contributed by atoms with Gasteiger partial charge < -0.3 is 14.2 Å². The first-order valence-corrected chi connectivity index (χ1v) is 13.1. The highest BCUT2D eigenvalue weighted by Gasteiger charge is 2.47. The van der Waals surface area contributed by atoms with Crippen LogP contribution in [-0.2, 0) is 21.3 Å². The van der Waals surface area contributed by atoms with Crippen LogP contribution in [0.3, 0.4) is 0 Å². The van der Waals surface area contributed by atoms with Gasteiger partial charge in [0.2, 0.25) is 10.0 Å². The fourth-order valence-corrected chi connectivity index (χ4v) is 6.72. The third-order valence-corrected chi connectivity index (χ3v) is 9.32. The molecule has 6 rings (SSSR count). The Hall–Kier alpha value is -2.01. The van der Waals surface area contributed by atoms with E-state index in [0.29, 0.717) is 19.7 Å². The van der Waals surface area contributed by atoms with E-state index < -0.39 is 10.0 Å². The molecular formula is C22H28N4O4S2. The second-order valence-electron chi connectivity index (χ2n) is 9.48. The monoisotopic (exact) mass is 476 g/mol. The summed E-state index contributed by atoms with van der Waals surface area (Å²) in [6.07, 6.45) is 3.98. The van der Waals surface area contributed by atoms with Crippen LogP contribution >= 0.6 is 11.3 Å². The number of sulfonamides is 1. The van der Waals surface area contributed by atoms with Gasteiger partial charge in [0.05, 0.1) is 39.6 Å². The number of anilines is 1. The Morgan fingerprint density at radius 3 is 2.66 bits per heavy atom. The number of rotatable bonds is 7. The quantitative estimate of drug-likeness (QED) is 0.553. The van der Waals surface area contributed by atoms with Crippen molar-refractivity contribution in [3.63, 3.8) is 0 Å². The van der Waals surface area contributed by atoms with Crippen LogP contribution in [-0.4, -0.2) is 44.4 Å². The highest BCUT2D eigenvalue weighted by Crippen LogP contribution is 2.48. The molecule has 0 atom stereocenters. The molecule has 0 spiro atoms. The first kappa shape index (κ1) is 21.8. The van der Waals surface area contributed by atoms with Crippen molar-refractivity contribution in [2.45, 2.75) is 56.6 Å². The molecule has 10 heteroatoms. The number of fused-ring (bicyclic) bond motifs is 4. The maximum absolute atomic E-state index is 13.0. The summed E-state index contributed by atoms with van der Waals surface area (Å²) >= 11 is 1.46. The van der Waals surface area contributed by atoms with Crippen molar-refractivity contribution in [2.75, 3.05) is 25.1 Å². The molecule has 0 radical (unpaired) electrons. The van der Waals surface area contributed by atoms with Gasteiger partial charge in [-0.1, -0.05) is 16.5 Å². The molecule has 3 aliphatic rings. The zero-order chi connectivity index (χ0) is 22.6. The lowest BCUT2D eigenvalue weighted by Crippen LogP contribution is -2.53. The molecule has 4 heterocycles. The minimum atomic E-state index is -3.62. The van der Waals surface area contributed by atoms with Crippen LogP contribution in [0.25, 0.3) is 10.2 Å². The molecule has 2 saturated heterocycles. The maximum Gasteiger partial charge on any atom is 0.240 e. The van der Waals surface area contributed by atoms with Crippen molar-refractivity contribution in [2.24, 2.45) is 5.41 Å². The van der Waals surface area contributed by atoms with Crippen molar-refractivity contribution >= 4 is 36.7 Å². The first-order valence-electron chi connectivity index (χ1n) is 10.8. The third kappa shape index (κ3) is 4.16. The maximum atomic E-state index is 13.0. The zero-order valence-electron chi connectivity index (χ0n) is 18.6. The van der Waals surface area contributed by atoms with Gasteiger partial charge in [0.1, 0.15) is 0 Å². The van der Waals surface area contributed by atoms with E-state index in [9.17, 15) is 8.42 Å². The normalized spacial score (nSPS) is 25.5. The fourth-order valence-electron chi connectivity index (χ4n) is 4.50. The predicted octanol–water partition coefficient (Wildman–Crippen LogP) is 3.86. The molecule has 3 aromatic rings. The van der Waals surface area contributed by atoms with Gasteiger partial charge in [-0.25, -0.2) is 18.1 Å². The second-order valence-corrected chi connectivity index (χ2v) is 12.3. The van der Waals surface area contributed by atoms with E-state index >= 15 is 0 Å². The Morgan fingerprint density at radius 1 is 1.22 bits per heavy atom. The second kappa shape index (κ2) is 7.79. The molecule has 1 aliphatic carbocycles. The van der Waals surface area contributed by atoms with Crippen LogP contribution in [0, 0.1) is 12.3 Å². The lowest BCUT2D eigenvalue weighted by molar-refractivity contribution is -0.171. The minimum Gasteiger partial charge on any atom is -0.375 e. The Kier molecular flexibility index (Phi) is 5.31. The van der Waals surface area contributed by atoms with Gasteiger partial charge in [0, 0.05) is 25.1 Å².